The van der Waals surface area contributed by atoms with Crippen molar-refractivity contribution in [2.75, 3.05) is 19.7 Å². The molecule has 2 saturated heterocycles. The van der Waals surface area contributed by atoms with Crippen molar-refractivity contribution in [1.82, 2.24) is 10.2 Å². The minimum atomic E-state index is -0.0235. The van der Waals surface area contributed by atoms with E-state index in [0.29, 0.717) is 18.3 Å². The highest BCUT2D eigenvalue weighted by atomic mass is 32.1. The molecule has 5 heteroatoms. The lowest BCUT2D eigenvalue weighted by atomic mass is 10.1. The molecule has 1 N–H and O–H groups in total. The van der Waals surface area contributed by atoms with Crippen LogP contribution in [0.5, 0.6) is 0 Å². The summed E-state index contributed by atoms with van der Waals surface area (Å²) in [6, 6.07) is -0.0235. The molecule has 2 aliphatic heterocycles. The summed E-state index contributed by atoms with van der Waals surface area (Å²) in [6.45, 7) is 2.07. The second-order valence-electron chi connectivity index (χ2n) is 2.90. The molecule has 12 heavy (non-hydrogen) atoms. The maximum atomic E-state index is 11.5. The maximum Gasteiger partial charge on any atom is 0.266 e. The largest absolute Gasteiger partial charge is 0.469 e. The topological polar surface area (TPSA) is 41.6 Å². The van der Waals surface area contributed by atoms with Gasteiger partial charge in [-0.15, -0.1) is 0 Å². The lowest BCUT2D eigenvalue weighted by Crippen LogP contribution is -2.54. The van der Waals surface area contributed by atoms with Gasteiger partial charge in [0.2, 0.25) is 5.91 Å². The Morgan fingerprint density at radius 2 is 2.50 bits per heavy atom. The molecule has 0 aliphatic carbocycles. The van der Waals surface area contributed by atoms with Crippen molar-refractivity contribution in [3.8, 4) is 0 Å². The smallest absolute Gasteiger partial charge is 0.266 e. The van der Waals surface area contributed by atoms with Gasteiger partial charge >= 0.3 is 0 Å². The van der Waals surface area contributed by atoms with E-state index in [1.807, 2.05) is 0 Å². The minimum Gasteiger partial charge on any atom is -0.469 e. The molecule has 66 valence electrons. The zero-order chi connectivity index (χ0) is 8.55. The zero-order valence-electron chi connectivity index (χ0n) is 6.58. The number of amides is 1. The second-order valence-corrected chi connectivity index (χ2v) is 3.25. The summed E-state index contributed by atoms with van der Waals surface area (Å²) in [4.78, 5) is 13.1. The summed E-state index contributed by atoms with van der Waals surface area (Å²) in [6.07, 6.45) is 0.915. The number of nitrogens with one attached hydrogen (secondary N) is 1. The molecule has 0 spiro atoms. The van der Waals surface area contributed by atoms with E-state index in [1.54, 1.807) is 0 Å². The number of carbonyl (C=O) groups excluding carboxylic acids is 1. The van der Waals surface area contributed by atoms with Gasteiger partial charge in [-0.3, -0.25) is 9.69 Å². The Balaban J connectivity index is 1.98. The Morgan fingerprint density at radius 3 is 2.92 bits per heavy atom. The van der Waals surface area contributed by atoms with Crippen molar-refractivity contribution in [3.63, 3.8) is 0 Å². The van der Waals surface area contributed by atoms with Gasteiger partial charge < -0.3 is 10.1 Å². The summed E-state index contributed by atoms with van der Waals surface area (Å²) >= 11 is 4.86. The summed E-state index contributed by atoms with van der Waals surface area (Å²) in [7, 11) is 0. The fourth-order valence-corrected chi connectivity index (χ4v) is 1.55. The monoisotopic (exact) mass is 186 g/mol. The summed E-state index contributed by atoms with van der Waals surface area (Å²) in [5, 5.41) is 3.36. The van der Waals surface area contributed by atoms with Gasteiger partial charge in [0.05, 0.1) is 12.6 Å². The van der Waals surface area contributed by atoms with E-state index in [1.165, 1.54) is 4.90 Å². The summed E-state index contributed by atoms with van der Waals surface area (Å²) < 4.78 is 5.01. The van der Waals surface area contributed by atoms with Crippen LogP contribution < -0.4 is 5.32 Å². The van der Waals surface area contributed by atoms with Gasteiger partial charge in [0.15, 0.2) is 0 Å². The fourth-order valence-electron chi connectivity index (χ4n) is 1.28. The predicted octanol–water partition coefficient (Wildman–Crippen LogP) is -0.508. The van der Waals surface area contributed by atoms with Gasteiger partial charge in [0.25, 0.3) is 5.17 Å². The van der Waals surface area contributed by atoms with Crippen LogP contribution in [0.25, 0.3) is 0 Å². The van der Waals surface area contributed by atoms with Crippen LogP contribution in [0.2, 0.25) is 0 Å². The van der Waals surface area contributed by atoms with Crippen molar-refractivity contribution in [3.05, 3.63) is 0 Å². The highest BCUT2D eigenvalue weighted by Crippen LogP contribution is 2.11. The van der Waals surface area contributed by atoms with Gasteiger partial charge in [0.1, 0.15) is 6.61 Å². The van der Waals surface area contributed by atoms with Crippen LogP contribution in [-0.4, -0.2) is 41.7 Å². The highest BCUT2D eigenvalue weighted by molar-refractivity contribution is 7.80. The van der Waals surface area contributed by atoms with Crippen molar-refractivity contribution >= 4 is 23.3 Å². The number of ether oxygens (including phenoxy) is 1. The summed E-state index contributed by atoms with van der Waals surface area (Å²) in [5.74, 6) is 0.0590. The Bertz CT molecular complexity index is 227. The molecule has 2 aliphatic rings. The van der Waals surface area contributed by atoms with Crippen LogP contribution in [0.15, 0.2) is 0 Å². The van der Waals surface area contributed by atoms with Crippen LogP contribution in [-0.2, 0) is 9.53 Å². The van der Waals surface area contributed by atoms with E-state index < -0.39 is 0 Å². The molecule has 0 aromatic heterocycles. The van der Waals surface area contributed by atoms with E-state index in [2.05, 4.69) is 5.32 Å². The van der Waals surface area contributed by atoms with E-state index in [4.69, 9.17) is 17.0 Å². The molecule has 0 aromatic rings. The fraction of sp³-hybridized carbons (Fsp3) is 0.714. The van der Waals surface area contributed by atoms with Crippen LogP contribution >= 0.6 is 12.2 Å². The lowest BCUT2D eigenvalue weighted by molar-refractivity contribution is -0.130. The first-order valence-corrected chi connectivity index (χ1v) is 4.41. The standard InChI is InChI=1S/C7H10N2O2S/c10-6(5-1-2-8-5)9-3-4-11-7(9)12/h5,8H,1-4H2/t5-/m1/s1. The zero-order valence-corrected chi connectivity index (χ0v) is 7.39. The third-order valence-corrected chi connectivity index (χ3v) is 2.49. The number of nitrogens with zero attached hydrogens (tertiary/aromatic N) is 1. The van der Waals surface area contributed by atoms with Gasteiger partial charge in [0, 0.05) is 0 Å². The van der Waals surface area contributed by atoms with Gasteiger partial charge in [-0.05, 0) is 25.2 Å². The second kappa shape index (κ2) is 2.99. The molecule has 1 atom stereocenters. The number of carbonyl (C=O) groups is 1. The first-order valence-electron chi connectivity index (χ1n) is 4.00. The quantitative estimate of drug-likeness (QED) is 0.560. The van der Waals surface area contributed by atoms with E-state index >= 15 is 0 Å². The molecule has 0 aromatic carbocycles. The minimum absolute atomic E-state index is 0.0235. The normalized spacial score (nSPS) is 28.2. The molecule has 2 fully saturated rings. The molecule has 0 bridgehead atoms. The van der Waals surface area contributed by atoms with Crippen molar-refractivity contribution in [1.29, 1.82) is 0 Å². The lowest BCUT2D eigenvalue weighted by Gasteiger charge is -2.29. The maximum absolute atomic E-state index is 11.5. The third-order valence-electron chi connectivity index (χ3n) is 2.15. The van der Waals surface area contributed by atoms with Crippen molar-refractivity contribution < 1.29 is 9.53 Å². The highest BCUT2D eigenvalue weighted by Gasteiger charge is 2.33. The Kier molecular flexibility index (Phi) is 1.98. The number of hydrogen-bond acceptors (Lipinski definition) is 4. The van der Waals surface area contributed by atoms with Crippen molar-refractivity contribution in [2.24, 2.45) is 0 Å². The Labute approximate surface area is 75.9 Å². The van der Waals surface area contributed by atoms with E-state index in [-0.39, 0.29) is 11.9 Å². The molecular formula is C7H10N2O2S. The van der Waals surface area contributed by atoms with Crippen LogP contribution in [0, 0.1) is 0 Å². The number of thiocarbonyl (C=S) groups is 1. The SMILES string of the molecule is O=C([C@H]1CCN1)N1CCOC1=S. The molecule has 0 radical (unpaired) electrons. The third kappa shape index (κ3) is 1.19. The van der Waals surface area contributed by atoms with Crippen molar-refractivity contribution in [2.45, 2.75) is 12.5 Å². The Hall–Kier alpha value is -0.680. The predicted molar refractivity (Wildman–Crippen MR) is 46.7 cm³/mol. The molecule has 1 amide bonds. The average molecular weight is 186 g/mol. The van der Waals surface area contributed by atoms with Crippen LogP contribution in [0.1, 0.15) is 6.42 Å². The Morgan fingerprint density at radius 1 is 1.75 bits per heavy atom. The van der Waals surface area contributed by atoms with Gasteiger partial charge in [-0.2, -0.15) is 0 Å². The van der Waals surface area contributed by atoms with Gasteiger partial charge in [-0.25, -0.2) is 0 Å². The average Bonchev–Trinajstić information content (AvgIpc) is 2.31. The van der Waals surface area contributed by atoms with E-state index in [0.717, 1.165) is 13.0 Å². The molecular weight excluding hydrogens is 176 g/mol. The first kappa shape index (κ1) is 7.94. The summed E-state index contributed by atoms with van der Waals surface area (Å²) in [5.41, 5.74) is 0. The molecule has 2 heterocycles. The first-order chi connectivity index (χ1) is 5.79. The number of rotatable bonds is 1. The van der Waals surface area contributed by atoms with E-state index in [9.17, 15) is 4.79 Å². The number of hydrogen-bond donors (Lipinski definition) is 1. The molecule has 0 saturated carbocycles. The molecule has 4 nitrogen and oxygen atoms in total. The van der Waals surface area contributed by atoms with Gasteiger partial charge in [-0.1, -0.05) is 0 Å². The molecule has 2 rings (SSSR count). The van der Waals surface area contributed by atoms with Crippen LogP contribution in [0.3, 0.4) is 0 Å². The van der Waals surface area contributed by atoms with Crippen LogP contribution in [0.4, 0.5) is 0 Å². The molecule has 0 unspecified atom stereocenters.